The third-order valence-corrected chi connectivity index (χ3v) is 5.01. The minimum Gasteiger partial charge on any atom is -0.388 e. The predicted octanol–water partition coefficient (Wildman–Crippen LogP) is 2.25. The molecule has 0 unspecified atom stereocenters. The SMILES string of the molecule is Cl.Cn1cc(NC(=O)c2cc(NC(=O)c3ccc([N+](=O)[O-])cc3)cn2C)cc1C(=O)NCCC(=N)N. The lowest BCUT2D eigenvalue weighted by Crippen LogP contribution is -2.28. The molecule has 1 aromatic carbocycles. The van der Waals surface area contributed by atoms with Gasteiger partial charge in [-0.25, -0.2) is 0 Å². The molecule has 3 rings (SSSR count). The Balaban J connectivity index is 0.00000456. The van der Waals surface area contributed by atoms with Crippen LogP contribution in [0.3, 0.4) is 0 Å². The zero-order valence-electron chi connectivity index (χ0n) is 19.4. The molecule has 0 aliphatic rings. The van der Waals surface area contributed by atoms with Gasteiger partial charge >= 0.3 is 0 Å². The van der Waals surface area contributed by atoms with Crippen LogP contribution in [0.25, 0.3) is 0 Å². The van der Waals surface area contributed by atoms with E-state index in [9.17, 15) is 24.5 Å². The molecule has 0 spiro atoms. The lowest BCUT2D eigenvalue weighted by Gasteiger charge is -2.04. The van der Waals surface area contributed by atoms with Crippen molar-refractivity contribution in [3.8, 4) is 0 Å². The van der Waals surface area contributed by atoms with Gasteiger partial charge in [-0.05, 0) is 24.3 Å². The molecule has 0 aliphatic carbocycles. The van der Waals surface area contributed by atoms with Crippen LogP contribution < -0.4 is 21.7 Å². The monoisotopic (exact) mass is 516 g/mol. The highest BCUT2D eigenvalue weighted by molar-refractivity contribution is 6.07. The molecule has 2 heterocycles. The van der Waals surface area contributed by atoms with Gasteiger partial charge in [0.15, 0.2) is 0 Å². The van der Waals surface area contributed by atoms with Gasteiger partial charge in [0.2, 0.25) is 0 Å². The van der Waals surface area contributed by atoms with E-state index in [1.807, 2.05) is 0 Å². The Bertz CT molecular complexity index is 1310. The standard InChI is InChI=1S/C22H24N8O5.ClH/c1-28-12-15(9-17(28)21(32)25-8-7-19(23)24)27-22(33)18-10-14(11-29(18)2)26-20(31)13-3-5-16(6-4-13)30(34)35;/h3-6,9-12H,7-8H2,1-2H3,(H3,23,24)(H,25,32)(H,26,31)(H,27,33);1H. The van der Waals surface area contributed by atoms with E-state index in [1.54, 1.807) is 31.1 Å². The molecule has 0 aliphatic heterocycles. The molecular formula is C22H25ClN8O5. The van der Waals surface area contributed by atoms with Crippen LogP contribution in [0, 0.1) is 15.5 Å². The van der Waals surface area contributed by atoms with Crippen molar-refractivity contribution in [2.24, 2.45) is 19.8 Å². The molecule has 13 nitrogen and oxygen atoms in total. The predicted molar refractivity (Wildman–Crippen MR) is 136 cm³/mol. The molecule has 0 radical (unpaired) electrons. The number of amides is 3. The number of rotatable bonds is 9. The summed E-state index contributed by atoms with van der Waals surface area (Å²) in [5.74, 6) is -1.35. The van der Waals surface area contributed by atoms with Gasteiger partial charge in [-0.15, -0.1) is 12.4 Å². The number of halogens is 1. The van der Waals surface area contributed by atoms with E-state index in [0.717, 1.165) is 0 Å². The number of nitrogens with one attached hydrogen (secondary N) is 4. The van der Waals surface area contributed by atoms with Crippen LogP contribution in [0.2, 0.25) is 0 Å². The second-order valence-electron chi connectivity index (χ2n) is 7.69. The number of non-ortho nitro benzene ring substituents is 1. The summed E-state index contributed by atoms with van der Waals surface area (Å²) in [4.78, 5) is 47.7. The van der Waals surface area contributed by atoms with E-state index in [2.05, 4.69) is 16.0 Å². The summed E-state index contributed by atoms with van der Waals surface area (Å²) in [5.41, 5.74) is 6.70. The number of anilines is 2. The number of benzene rings is 1. The van der Waals surface area contributed by atoms with Crippen molar-refractivity contribution in [2.75, 3.05) is 17.2 Å². The maximum Gasteiger partial charge on any atom is 0.272 e. The maximum absolute atomic E-state index is 12.8. The first-order valence-electron chi connectivity index (χ1n) is 10.4. The fraction of sp³-hybridized carbons (Fsp3) is 0.182. The second kappa shape index (κ2) is 11.7. The Morgan fingerprint density at radius 2 is 1.44 bits per heavy atom. The Morgan fingerprint density at radius 3 is 1.94 bits per heavy atom. The Kier molecular flexibility index (Phi) is 8.94. The number of hydrogen-bond acceptors (Lipinski definition) is 6. The van der Waals surface area contributed by atoms with Gasteiger partial charge in [0.05, 0.1) is 22.1 Å². The van der Waals surface area contributed by atoms with Crippen LogP contribution >= 0.6 is 12.4 Å². The van der Waals surface area contributed by atoms with E-state index in [1.165, 1.54) is 41.0 Å². The summed E-state index contributed by atoms with van der Waals surface area (Å²) < 4.78 is 3.08. The Hall–Kier alpha value is -4.65. The third kappa shape index (κ3) is 6.70. The second-order valence-corrected chi connectivity index (χ2v) is 7.69. The fourth-order valence-corrected chi connectivity index (χ4v) is 3.25. The summed E-state index contributed by atoms with van der Waals surface area (Å²) in [7, 11) is 3.29. The topological polar surface area (TPSA) is 190 Å². The number of nitro benzene ring substituents is 1. The summed E-state index contributed by atoms with van der Waals surface area (Å²) in [6, 6.07) is 8.14. The normalized spacial score (nSPS) is 10.2. The van der Waals surface area contributed by atoms with E-state index in [-0.39, 0.29) is 54.1 Å². The highest BCUT2D eigenvalue weighted by Gasteiger charge is 2.17. The number of amidine groups is 1. The van der Waals surface area contributed by atoms with Crippen molar-refractivity contribution < 1.29 is 19.3 Å². The molecule has 36 heavy (non-hydrogen) atoms. The highest BCUT2D eigenvalue weighted by Crippen LogP contribution is 2.19. The molecule has 3 aromatic rings. The van der Waals surface area contributed by atoms with Gasteiger partial charge in [-0.2, -0.15) is 0 Å². The van der Waals surface area contributed by atoms with E-state index in [0.29, 0.717) is 17.1 Å². The summed E-state index contributed by atoms with van der Waals surface area (Å²) in [6.07, 6.45) is 3.37. The van der Waals surface area contributed by atoms with Crippen molar-refractivity contribution in [1.82, 2.24) is 14.5 Å². The van der Waals surface area contributed by atoms with Gasteiger partial charge in [-0.3, -0.25) is 29.9 Å². The number of nitrogens with two attached hydrogens (primary N) is 1. The minimum atomic E-state index is -0.555. The third-order valence-electron chi connectivity index (χ3n) is 5.01. The lowest BCUT2D eigenvalue weighted by molar-refractivity contribution is -0.384. The molecule has 190 valence electrons. The number of carbonyl (C=O) groups is 3. The molecule has 0 fully saturated rings. The number of aryl methyl sites for hydroxylation is 2. The summed E-state index contributed by atoms with van der Waals surface area (Å²) in [6.45, 7) is 0.221. The number of hydrogen-bond donors (Lipinski definition) is 5. The van der Waals surface area contributed by atoms with Crippen LogP contribution in [0.15, 0.2) is 48.8 Å². The number of carbonyl (C=O) groups excluding carboxylic acids is 3. The van der Waals surface area contributed by atoms with Crippen LogP contribution in [0.1, 0.15) is 37.8 Å². The first-order valence-corrected chi connectivity index (χ1v) is 10.4. The Labute approximate surface area is 211 Å². The molecule has 3 amide bonds. The molecular weight excluding hydrogens is 492 g/mol. The van der Waals surface area contributed by atoms with Crippen LogP contribution in [-0.2, 0) is 14.1 Å². The molecule has 14 heteroatoms. The molecule has 0 bridgehead atoms. The minimum absolute atomic E-state index is 0. The average molecular weight is 517 g/mol. The van der Waals surface area contributed by atoms with Crippen LogP contribution in [0.4, 0.5) is 17.1 Å². The zero-order valence-corrected chi connectivity index (χ0v) is 20.2. The van der Waals surface area contributed by atoms with Gasteiger partial charge in [0, 0.05) is 57.2 Å². The summed E-state index contributed by atoms with van der Waals surface area (Å²) in [5, 5.41) is 26.0. The number of nitro groups is 1. The fourth-order valence-electron chi connectivity index (χ4n) is 3.25. The molecule has 0 saturated carbocycles. The molecule has 2 aromatic heterocycles. The number of aromatic nitrogens is 2. The smallest absolute Gasteiger partial charge is 0.272 e. The van der Waals surface area contributed by atoms with E-state index in [4.69, 9.17) is 11.1 Å². The van der Waals surface area contributed by atoms with Crippen molar-refractivity contribution in [3.63, 3.8) is 0 Å². The van der Waals surface area contributed by atoms with Crippen molar-refractivity contribution >= 4 is 53.0 Å². The van der Waals surface area contributed by atoms with E-state index < -0.39 is 16.7 Å². The van der Waals surface area contributed by atoms with Crippen LogP contribution in [-0.4, -0.2) is 44.2 Å². The summed E-state index contributed by atoms with van der Waals surface area (Å²) >= 11 is 0. The van der Waals surface area contributed by atoms with Gasteiger partial charge < -0.3 is 30.8 Å². The van der Waals surface area contributed by atoms with Crippen molar-refractivity contribution in [1.29, 1.82) is 5.41 Å². The van der Waals surface area contributed by atoms with Crippen LogP contribution in [0.5, 0.6) is 0 Å². The molecule has 6 N–H and O–H groups in total. The van der Waals surface area contributed by atoms with Crippen molar-refractivity contribution in [2.45, 2.75) is 6.42 Å². The zero-order chi connectivity index (χ0) is 25.7. The molecule has 0 atom stereocenters. The Morgan fingerprint density at radius 1 is 0.944 bits per heavy atom. The van der Waals surface area contributed by atoms with Gasteiger partial charge in [-0.1, -0.05) is 0 Å². The van der Waals surface area contributed by atoms with Gasteiger partial charge in [0.25, 0.3) is 23.4 Å². The maximum atomic E-state index is 12.8. The van der Waals surface area contributed by atoms with E-state index >= 15 is 0 Å². The lowest BCUT2D eigenvalue weighted by atomic mass is 10.2. The molecule has 0 saturated heterocycles. The largest absolute Gasteiger partial charge is 0.388 e. The average Bonchev–Trinajstić information content (AvgIpc) is 3.34. The first kappa shape index (κ1) is 27.6. The van der Waals surface area contributed by atoms with Gasteiger partial charge in [0.1, 0.15) is 11.4 Å². The highest BCUT2D eigenvalue weighted by atomic mass is 35.5. The van der Waals surface area contributed by atoms with Crippen molar-refractivity contribution in [3.05, 3.63) is 75.9 Å². The first-order chi connectivity index (χ1) is 16.5. The number of nitrogens with zero attached hydrogens (tertiary/aromatic N) is 3. The quantitative estimate of drug-likeness (QED) is 0.125.